The third-order valence-corrected chi connectivity index (χ3v) is 3.89. The molecule has 1 aromatic carbocycles. The molecule has 1 aliphatic heterocycles. The Hall–Kier alpha value is -4.01. The molecule has 2 rings (SSSR count). The Morgan fingerprint density at radius 2 is 1.82 bits per heavy atom. The largest absolute Gasteiger partial charge is 0.493 e. The average molecular weight is 386 g/mol. The number of nitrogens with zero attached hydrogens (tertiary/aromatic N) is 6. The SMILES string of the molecule is COc1cc(CC2=COC(N=[N+]=[N-])(C(=N)N)C=C2N=[N+]=[N-])cc(OC)c1OC. The molecular formula is C16H18N8O4. The number of ether oxygens (including phenoxy) is 4. The summed E-state index contributed by atoms with van der Waals surface area (Å²) < 4.78 is 21.4. The first-order chi connectivity index (χ1) is 13.4. The highest BCUT2D eigenvalue weighted by Crippen LogP contribution is 2.39. The first-order valence-corrected chi connectivity index (χ1v) is 7.79. The number of benzene rings is 1. The van der Waals surface area contributed by atoms with Gasteiger partial charge in [0, 0.05) is 27.5 Å². The van der Waals surface area contributed by atoms with E-state index in [4.69, 9.17) is 41.2 Å². The van der Waals surface area contributed by atoms with Gasteiger partial charge in [-0.25, -0.2) is 0 Å². The van der Waals surface area contributed by atoms with E-state index in [1.54, 1.807) is 12.1 Å². The zero-order chi connectivity index (χ0) is 20.7. The normalized spacial score (nSPS) is 17.7. The van der Waals surface area contributed by atoms with E-state index in [0.29, 0.717) is 22.8 Å². The maximum absolute atomic E-state index is 8.88. The minimum atomic E-state index is -1.89. The van der Waals surface area contributed by atoms with Crippen molar-refractivity contribution in [2.75, 3.05) is 21.3 Å². The van der Waals surface area contributed by atoms with Crippen molar-refractivity contribution in [2.45, 2.75) is 12.1 Å². The van der Waals surface area contributed by atoms with Gasteiger partial charge in [-0.1, -0.05) is 5.11 Å². The van der Waals surface area contributed by atoms with Gasteiger partial charge in [-0.15, -0.1) is 0 Å². The molecule has 0 aromatic heterocycles. The van der Waals surface area contributed by atoms with Crippen molar-refractivity contribution in [3.8, 4) is 17.2 Å². The highest BCUT2D eigenvalue weighted by Gasteiger charge is 2.36. The van der Waals surface area contributed by atoms with E-state index in [9.17, 15) is 0 Å². The fourth-order valence-electron chi connectivity index (χ4n) is 2.58. The third-order valence-electron chi connectivity index (χ3n) is 3.89. The van der Waals surface area contributed by atoms with E-state index in [-0.39, 0.29) is 12.1 Å². The topological polar surface area (TPSA) is 184 Å². The number of amidine groups is 1. The van der Waals surface area contributed by atoms with Crippen molar-refractivity contribution < 1.29 is 18.9 Å². The lowest BCUT2D eigenvalue weighted by atomic mass is 9.98. The van der Waals surface area contributed by atoms with E-state index in [0.717, 1.165) is 5.56 Å². The smallest absolute Gasteiger partial charge is 0.261 e. The lowest BCUT2D eigenvalue weighted by Gasteiger charge is -2.28. The van der Waals surface area contributed by atoms with Gasteiger partial charge in [-0.3, -0.25) is 5.41 Å². The second kappa shape index (κ2) is 8.58. The molecule has 12 nitrogen and oxygen atoms in total. The lowest BCUT2D eigenvalue weighted by molar-refractivity contribution is 0.130. The van der Waals surface area contributed by atoms with Crippen LogP contribution in [0.4, 0.5) is 0 Å². The number of nitrogens with two attached hydrogens (primary N) is 1. The van der Waals surface area contributed by atoms with Crippen molar-refractivity contribution in [1.29, 1.82) is 5.41 Å². The average Bonchev–Trinajstić information content (AvgIpc) is 2.69. The maximum atomic E-state index is 8.88. The predicted molar refractivity (Wildman–Crippen MR) is 100.0 cm³/mol. The molecule has 0 saturated carbocycles. The fraction of sp³-hybridized carbons (Fsp3) is 0.312. The number of azide groups is 2. The molecule has 1 aromatic rings. The Morgan fingerprint density at radius 3 is 2.29 bits per heavy atom. The molecule has 1 unspecified atom stereocenters. The molecule has 28 heavy (non-hydrogen) atoms. The van der Waals surface area contributed by atoms with E-state index in [2.05, 4.69) is 20.1 Å². The molecule has 0 amide bonds. The molecule has 146 valence electrons. The molecule has 0 aliphatic carbocycles. The summed E-state index contributed by atoms with van der Waals surface area (Å²) in [5, 5.41) is 14.7. The Kier molecular flexibility index (Phi) is 6.22. The fourth-order valence-corrected chi connectivity index (χ4v) is 2.58. The van der Waals surface area contributed by atoms with Crippen LogP contribution in [0.3, 0.4) is 0 Å². The van der Waals surface area contributed by atoms with Crippen LogP contribution in [0.1, 0.15) is 5.56 Å². The van der Waals surface area contributed by atoms with Crippen LogP contribution in [0, 0.1) is 5.41 Å². The van der Waals surface area contributed by atoms with Crippen molar-refractivity contribution >= 4 is 5.84 Å². The molecule has 0 radical (unpaired) electrons. The zero-order valence-electron chi connectivity index (χ0n) is 15.4. The molecule has 0 bridgehead atoms. The molecule has 12 heteroatoms. The highest BCUT2D eigenvalue weighted by molar-refractivity contribution is 5.88. The van der Waals surface area contributed by atoms with Gasteiger partial charge in [0.15, 0.2) is 11.5 Å². The van der Waals surface area contributed by atoms with E-state index < -0.39 is 11.6 Å². The van der Waals surface area contributed by atoms with Crippen LogP contribution in [0.5, 0.6) is 17.2 Å². The summed E-state index contributed by atoms with van der Waals surface area (Å²) in [6.45, 7) is 0. The van der Waals surface area contributed by atoms with Crippen LogP contribution in [-0.4, -0.2) is 32.9 Å². The lowest BCUT2D eigenvalue weighted by Crippen LogP contribution is -2.42. The number of nitrogens with one attached hydrogen (secondary N) is 1. The summed E-state index contributed by atoms with van der Waals surface area (Å²) in [6, 6.07) is 3.46. The standard InChI is InChI=1S/C16H18N8O4/c1-25-12-5-9(6-13(26-2)14(12)27-3)4-10-8-28-16(15(17)18,22-24-20)7-11(10)21-23-19/h5-8H,4H2,1-3H3,(H3,17,18). The van der Waals surface area contributed by atoms with Crippen LogP contribution >= 0.6 is 0 Å². The second-order valence-electron chi connectivity index (χ2n) is 5.49. The van der Waals surface area contributed by atoms with Crippen molar-refractivity contribution in [3.63, 3.8) is 0 Å². The maximum Gasteiger partial charge on any atom is 0.261 e. The first-order valence-electron chi connectivity index (χ1n) is 7.79. The quantitative estimate of drug-likeness (QED) is 0.228. The van der Waals surface area contributed by atoms with Gasteiger partial charge < -0.3 is 24.7 Å². The van der Waals surface area contributed by atoms with Gasteiger partial charge in [0.1, 0.15) is 5.84 Å². The molecule has 0 saturated heterocycles. The summed E-state index contributed by atoms with van der Waals surface area (Å²) in [7, 11) is 4.49. The number of rotatable bonds is 8. The van der Waals surface area contributed by atoms with Gasteiger partial charge in [0.05, 0.1) is 27.6 Å². The number of hydrogen-bond acceptors (Lipinski definition) is 7. The number of methoxy groups -OCH3 is 3. The molecule has 0 fully saturated rings. The Morgan fingerprint density at radius 1 is 1.18 bits per heavy atom. The Balaban J connectivity index is 2.48. The third kappa shape index (κ3) is 3.88. The van der Waals surface area contributed by atoms with E-state index in [1.165, 1.54) is 33.7 Å². The van der Waals surface area contributed by atoms with Gasteiger partial charge in [0.25, 0.3) is 5.72 Å². The van der Waals surface area contributed by atoms with Crippen molar-refractivity contribution in [3.05, 3.63) is 62.2 Å². The minimum Gasteiger partial charge on any atom is -0.493 e. The number of allylic oxidation sites excluding steroid dienone is 1. The van der Waals surface area contributed by atoms with Gasteiger partial charge >= 0.3 is 0 Å². The molecule has 1 aliphatic rings. The van der Waals surface area contributed by atoms with Crippen LogP contribution in [0.15, 0.2) is 46.0 Å². The molecule has 1 heterocycles. The van der Waals surface area contributed by atoms with Crippen LogP contribution in [-0.2, 0) is 11.2 Å². The first kappa shape index (κ1) is 20.3. The van der Waals surface area contributed by atoms with Crippen molar-refractivity contribution in [2.24, 2.45) is 16.0 Å². The zero-order valence-corrected chi connectivity index (χ0v) is 15.4. The summed E-state index contributed by atoms with van der Waals surface area (Å²) in [4.78, 5) is 5.42. The van der Waals surface area contributed by atoms with Crippen LogP contribution in [0.2, 0.25) is 0 Å². The van der Waals surface area contributed by atoms with Gasteiger partial charge in [0.2, 0.25) is 5.75 Å². The summed E-state index contributed by atoms with van der Waals surface area (Å²) in [5.41, 5.74) is 22.5. The second-order valence-corrected chi connectivity index (χ2v) is 5.49. The highest BCUT2D eigenvalue weighted by atomic mass is 16.5. The van der Waals surface area contributed by atoms with E-state index >= 15 is 0 Å². The summed E-state index contributed by atoms with van der Waals surface area (Å²) in [6.07, 6.45) is 2.69. The van der Waals surface area contributed by atoms with Crippen LogP contribution < -0.4 is 19.9 Å². The van der Waals surface area contributed by atoms with Gasteiger partial charge in [-0.05, 0) is 39.9 Å². The summed E-state index contributed by atoms with van der Waals surface area (Å²) >= 11 is 0. The predicted octanol–water partition coefficient (Wildman–Crippen LogP) is 3.31. The summed E-state index contributed by atoms with van der Waals surface area (Å²) in [5.74, 6) is 0.790. The molecule has 0 spiro atoms. The van der Waals surface area contributed by atoms with Gasteiger partial charge in [-0.2, -0.15) is 0 Å². The molecule has 1 atom stereocenters. The Labute approximate surface area is 159 Å². The Bertz CT molecular complexity index is 915. The monoisotopic (exact) mass is 386 g/mol. The molecular weight excluding hydrogens is 368 g/mol. The minimum absolute atomic E-state index is 0.116. The van der Waals surface area contributed by atoms with E-state index in [1.807, 2.05) is 0 Å². The number of hydrogen-bond donors (Lipinski definition) is 2. The van der Waals surface area contributed by atoms with Crippen molar-refractivity contribution in [1.82, 2.24) is 0 Å². The molecule has 3 N–H and O–H groups in total. The van der Waals surface area contributed by atoms with Crippen LogP contribution in [0.25, 0.3) is 20.9 Å².